The molecule has 2 amide bonds. The van der Waals surface area contributed by atoms with Crippen molar-refractivity contribution in [2.24, 2.45) is 5.73 Å². The number of rotatable bonds is 1. The van der Waals surface area contributed by atoms with Crippen molar-refractivity contribution in [3.63, 3.8) is 0 Å². The highest BCUT2D eigenvalue weighted by Gasteiger charge is 2.43. The number of hydrogen-bond donors (Lipinski definition) is 1. The quantitative estimate of drug-likeness (QED) is 0.633. The average molecular weight is 213 g/mol. The molecule has 0 bridgehead atoms. The van der Waals surface area contributed by atoms with Crippen LogP contribution in [-0.4, -0.2) is 53.3 Å². The second-order valence-corrected chi connectivity index (χ2v) is 4.56. The van der Waals surface area contributed by atoms with Gasteiger partial charge in [-0.3, -0.25) is 9.59 Å². The summed E-state index contributed by atoms with van der Waals surface area (Å²) >= 11 is 0. The minimum Gasteiger partial charge on any atom is -0.342 e. The van der Waals surface area contributed by atoms with Gasteiger partial charge in [-0.05, 0) is 20.8 Å². The molecule has 1 atom stereocenters. The van der Waals surface area contributed by atoms with Crippen LogP contribution in [0.25, 0.3) is 0 Å². The highest BCUT2D eigenvalue weighted by molar-refractivity contribution is 5.93. The van der Waals surface area contributed by atoms with Gasteiger partial charge in [-0.1, -0.05) is 0 Å². The lowest BCUT2D eigenvalue weighted by molar-refractivity contribution is -0.157. The summed E-state index contributed by atoms with van der Waals surface area (Å²) in [5, 5.41) is 0. The third kappa shape index (κ3) is 1.97. The molecule has 0 aromatic carbocycles. The summed E-state index contributed by atoms with van der Waals surface area (Å²) in [6, 6.07) is -0.555. The van der Waals surface area contributed by atoms with E-state index in [9.17, 15) is 9.59 Å². The zero-order valence-electron chi connectivity index (χ0n) is 9.78. The van der Waals surface area contributed by atoms with E-state index in [2.05, 4.69) is 0 Å². The molecule has 1 unspecified atom stereocenters. The zero-order chi connectivity index (χ0) is 11.8. The summed E-state index contributed by atoms with van der Waals surface area (Å²) in [7, 11) is 1.75. The smallest absolute Gasteiger partial charge is 0.247 e. The standard InChI is InChI=1S/C10H19N3O2/c1-7(11)8(14)13-6-5-12(4)9(15)10(13,2)3/h7H,5-6,11H2,1-4H3. The monoisotopic (exact) mass is 213 g/mol. The van der Waals surface area contributed by atoms with Gasteiger partial charge in [-0.25, -0.2) is 0 Å². The fraction of sp³-hybridized carbons (Fsp3) is 0.800. The van der Waals surface area contributed by atoms with Crippen molar-refractivity contribution in [2.45, 2.75) is 32.4 Å². The Balaban J connectivity index is 2.92. The number of nitrogens with zero attached hydrogens (tertiary/aromatic N) is 2. The molecule has 1 fully saturated rings. The average Bonchev–Trinajstić information content (AvgIpc) is 2.13. The Morgan fingerprint density at radius 1 is 1.47 bits per heavy atom. The predicted octanol–water partition coefficient (Wildman–Crippen LogP) is -0.587. The Labute approximate surface area is 90.2 Å². The molecular formula is C10H19N3O2. The number of nitrogens with two attached hydrogens (primary N) is 1. The Morgan fingerprint density at radius 3 is 2.47 bits per heavy atom. The van der Waals surface area contributed by atoms with Crippen LogP contribution in [0.15, 0.2) is 0 Å². The molecule has 5 heteroatoms. The molecule has 0 spiro atoms. The number of hydrogen-bond acceptors (Lipinski definition) is 3. The van der Waals surface area contributed by atoms with Gasteiger partial charge >= 0.3 is 0 Å². The highest BCUT2D eigenvalue weighted by atomic mass is 16.2. The lowest BCUT2D eigenvalue weighted by Gasteiger charge is -2.45. The Bertz CT molecular complexity index is 286. The second-order valence-electron chi connectivity index (χ2n) is 4.56. The van der Waals surface area contributed by atoms with Crippen LogP contribution in [0.2, 0.25) is 0 Å². The Kier molecular flexibility index (Phi) is 3.04. The van der Waals surface area contributed by atoms with Gasteiger partial charge in [0.1, 0.15) is 5.54 Å². The first-order valence-electron chi connectivity index (χ1n) is 5.11. The number of amides is 2. The summed E-state index contributed by atoms with van der Waals surface area (Å²) in [5.74, 6) is -0.204. The molecular weight excluding hydrogens is 194 g/mol. The van der Waals surface area contributed by atoms with Crippen molar-refractivity contribution in [1.82, 2.24) is 9.80 Å². The van der Waals surface area contributed by atoms with Crippen LogP contribution < -0.4 is 5.73 Å². The Morgan fingerprint density at radius 2 is 2.00 bits per heavy atom. The first-order valence-corrected chi connectivity index (χ1v) is 5.11. The molecule has 1 aliphatic heterocycles. The molecule has 0 radical (unpaired) electrons. The van der Waals surface area contributed by atoms with Crippen LogP contribution in [-0.2, 0) is 9.59 Å². The fourth-order valence-corrected chi connectivity index (χ4v) is 1.85. The van der Waals surface area contributed by atoms with E-state index in [1.165, 1.54) is 0 Å². The molecule has 86 valence electrons. The molecule has 15 heavy (non-hydrogen) atoms. The van der Waals surface area contributed by atoms with Crippen molar-refractivity contribution in [3.05, 3.63) is 0 Å². The van der Waals surface area contributed by atoms with Gasteiger partial charge < -0.3 is 15.5 Å². The van der Waals surface area contributed by atoms with E-state index in [1.807, 2.05) is 0 Å². The highest BCUT2D eigenvalue weighted by Crippen LogP contribution is 2.22. The molecule has 2 N–H and O–H groups in total. The van der Waals surface area contributed by atoms with E-state index in [0.717, 1.165) is 0 Å². The van der Waals surface area contributed by atoms with Crippen LogP contribution in [0.4, 0.5) is 0 Å². The van der Waals surface area contributed by atoms with Gasteiger partial charge in [-0.15, -0.1) is 0 Å². The van der Waals surface area contributed by atoms with Crippen LogP contribution in [0.5, 0.6) is 0 Å². The van der Waals surface area contributed by atoms with Gasteiger partial charge in [0.15, 0.2) is 0 Å². The molecule has 0 aromatic heterocycles. The normalized spacial score (nSPS) is 22.9. The molecule has 5 nitrogen and oxygen atoms in total. The fourth-order valence-electron chi connectivity index (χ4n) is 1.85. The van der Waals surface area contributed by atoms with Crippen LogP contribution in [0.1, 0.15) is 20.8 Å². The van der Waals surface area contributed by atoms with Crippen molar-refractivity contribution < 1.29 is 9.59 Å². The van der Waals surface area contributed by atoms with Crippen molar-refractivity contribution in [2.75, 3.05) is 20.1 Å². The minimum atomic E-state index is -0.780. The van der Waals surface area contributed by atoms with Crippen molar-refractivity contribution in [1.29, 1.82) is 0 Å². The first-order chi connectivity index (χ1) is 6.78. The van der Waals surface area contributed by atoms with Gasteiger partial charge in [-0.2, -0.15) is 0 Å². The summed E-state index contributed by atoms with van der Waals surface area (Å²) in [6.07, 6.45) is 0. The van der Waals surface area contributed by atoms with E-state index in [-0.39, 0.29) is 11.8 Å². The first kappa shape index (κ1) is 12.0. The van der Waals surface area contributed by atoms with Gasteiger partial charge in [0.2, 0.25) is 11.8 Å². The van der Waals surface area contributed by atoms with Crippen LogP contribution in [0, 0.1) is 0 Å². The number of carbonyl (C=O) groups excluding carboxylic acids is 2. The largest absolute Gasteiger partial charge is 0.342 e. The van der Waals surface area contributed by atoms with E-state index < -0.39 is 11.6 Å². The zero-order valence-corrected chi connectivity index (χ0v) is 9.78. The Hall–Kier alpha value is -1.10. The third-order valence-electron chi connectivity index (χ3n) is 2.86. The van der Waals surface area contributed by atoms with Crippen molar-refractivity contribution in [3.8, 4) is 0 Å². The second kappa shape index (κ2) is 3.81. The molecule has 1 saturated heterocycles. The summed E-state index contributed by atoms with van der Waals surface area (Å²) < 4.78 is 0. The molecule has 1 rings (SSSR count). The number of piperazine rings is 1. The number of carbonyl (C=O) groups is 2. The van der Waals surface area contributed by atoms with E-state index in [4.69, 9.17) is 5.73 Å². The maximum absolute atomic E-state index is 11.9. The van der Waals surface area contributed by atoms with Crippen molar-refractivity contribution >= 4 is 11.8 Å². The molecule has 0 aliphatic carbocycles. The molecule has 0 saturated carbocycles. The van der Waals surface area contributed by atoms with E-state index in [1.54, 1.807) is 37.6 Å². The van der Waals surface area contributed by atoms with Gasteiger partial charge in [0.25, 0.3) is 0 Å². The minimum absolute atomic E-state index is 0.0391. The molecule has 1 aliphatic rings. The summed E-state index contributed by atoms with van der Waals surface area (Å²) in [4.78, 5) is 26.9. The van der Waals surface area contributed by atoms with E-state index >= 15 is 0 Å². The van der Waals surface area contributed by atoms with Gasteiger partial charge in [0, 0.05) is 20.1 Å². The van der Waals surface area contributed by atoms with Gasteiger partial charge in [0.05, 0.1) is 6.04 Å². The summed E-state index contributed by atoms with van der Waals surface area (Å²) in [5.41, 5.74) is 4.77. The lowest BCUT2D eigenvalue weighted by atomic mass is 9.97. The van der Waals surface area contributed by atoms with Crippen LogP contribution >= 0.6 is 0 Å². The lowest BCUT2D eigenvalue weighted by Crippen LogP contribution is -2.65. The SMILES string of the molecule is CC(N)C(=O)N1CCN(C)C(=O)C1(C)C. The molecule has 1 heterocycles. The number of likely N-dealkylation sites (N-methyl/N-ethyl adjacent to an activating group) is 1. The molecule has 0 aromatic rings. The maximum atomic E-state index is 11.9. The third-order valence-corrected chi connectivity index (χ3v) is 2.86. The predicted molar refractivity (Wildman–Crippen MR) is 57.1 cm³/mol. The van der Waals surface area contributed by atoms with Crippen LogP contribution in [0.3, 0.4) is 0 Å². The van der Waals surface area contributed by atoms with E-state index in [0.29, 0.717) is 13.1 Å². The maximum Gasteiger partial charge on any atom is 0.247 e. The summed E-state index contributed by atoms with van der Waals surface area (Å²) in [6.45, 7) is 6.27. The topological polar surface area (TPSA) is 66.6 Å².